The fourth-order valence-electron chi connectivity index (χ4n) is 8.87. The van der Waals surface area contributed by atoms with E-state index in [1.807, 2.05) is 12.4 Å². The van der Waals surface area contributed by atoms with Crippen LogP contribution < -0.4 is 0 Å². The molecule has 0 aliphatic rings. The highest BCUT2D eigenvalue weighted by molar-refractivity contribution is 6.22. The summed E-state index contributed by atoms with van der Waals surface area (Å²) in [7, 11) is 0. The summed E-state index contributed by atoms with van der Waals surface area (Å²) in [6, 6.07) is 60.2. The number of nitrogens with zero attached hydrogens (tertiary/aromatic N) is 6. The van der Waals surface area contributed by atoms with Crippen LogP contribution in [0.2, 0.25) is 0 Å². The summed E-state index contributed by atoms with van der Waals surface area (Å²) in [6.45, 7) is 0. The Hall–Kier alpha value is -7.70. The lowest BCUT2D eigenvalue weighted by molar-refractivity contribution is 1.07. The number of fused-ring (bicyclic) bond motifs is 10. The van der Waals surface area contributed by atoms with E-state index in [2.05, 4.69) is 201 Å². The van der Waals surface area contributed by atoms with E-state index >= 15 is 0 Å². The molecular weight excluding hydrogens is 685 g/mol. The lowest BCUT2D eigenvalue weighted by atomic mass is 10.1. The molecule has 0 atom stereocenters. The number of aromatic nitrogens is 6. The molecule has 0 saturated carbocycles. The molecule has 0 unspecified atom stereocenters. The molecule has 6 heterocycles. The lowest BCUT2D eigenvalue weighted by Crippen LogP contribution is -1.99. The molecule has 6 aromatic heterocycles. The average Bonchev–Trinajstić information content (AvgIpc) is 4.05. The first kappa shape index (κ1) is 30.7. The Morgan fingerprint density at radius 2 is 0.696 bits per heavy atom. The fourth-order valence-corrected chi connectivity index (χ4v) is 8.87. The smallest absolute Gasteiger partial charge is 0.137 e. The highest BCUT2D eigenvalue weighted by Gasteiger charge is 2.19. The van der Waals surface area contributed by atoms with E-state index < -0.39 is 0 Å². The number of pyridine rings is 2. The van der Waals surface area contributed by atoms with E-state index in [1.165, 1.54) is 43.4 Å². The molecular formula is C50H32N6. The van der Waals surface area contributed by atoms with Crippen molar-refractivity contribution in [2.45, 2.75) is 0 Å². The summed E-state index contributed by atoms with van der Waals surface area (Å²) >= 11 is 0. The Bertz CT molecular complexity index is 3210. The van der Waals surface area contributed by atoms with Gasteiger partial charge in [0.05, 0.1) is 33.1 Å². The highest BCUT2D eigenvalue weighted by Crippen LogP contribution is 2.39. The van der Waals surface area contributed by atoms with Crippen LogP contribution in [-0.4, -0.2) is 28.2 Å². The van der Waals surface area contributed by atoms with Crippen molar-refractivity contribution in [1.82, 2.24) is 28.2 Å². The lowest BCUT2D eigenvalue weighted by Gasteiger charge is -2.10. The number of hydrogen-bond acceptors (Lipinski definition) is 2. The van der Waals surface area contributed by atoms with E-state index in [1.54, 1.807) is 0 Å². The number of benzene rings is 6. The van der Waals surface area contributed by atoms with Crippen molar-refractivity contribution >= 4 is 65.4 Å². The summed E-state index contributed by atoms with van der Waals surface area (Å²) in [5.74, 6) is 1.76. The maximum atomic E-state index is 5.06. The molecule has 12 rings (SSSR count). The van der Waals surface area contributed by atoms with Gasteiger partial charge in [-0.2, -0.15) is 0 Å². The normalized spacial score (nSPS) is 11.9. The molecule has 0 aliphatic heterocycles. The fraction of sp³-hybridized carbons (Fsp3) is 0. The minimum atomic E-state index is 0.879. The number of para-hydroxylation sites is 4. The Labute approximate surface area is 321 Å². The van der Waals surface area contributed by atoms with Gasteiger partial charge >= 0.3 is 0 Å². The molecule has 0 N–H and O–H groups in total. The number of rotatable bonds is 5. The van der Waals surface area contributed by atoms with Crippen LogP contribution in [0.5, 0.6) is 0 Å². The first-order valence-corrected chi connectivity index (χ1v) is 18.9. The van der Waals surface area contributed by atoms with Gasteiger partial charge in [-0.3, -0.25) is 9.13 Å². The molecule has 6 heteroatoms. The van der Waals surface area contributed by atoms with E-state index in [-0.39, 0.29) is 0 Å². The van der Waals surface area contributed by atoms with Crippen molar-refractivity contribution in [3.05, 3.63) is 195 Å². The molecule has 56 heavy (non-hydrogen) atoms. The largest absolute Gasteiger partial charge is 0.317 e. The summed E-state index contributed by atoms with van der Waals surface area (Å²) < 4.78 is 9.08. The Kier molecular flexibility index (Phi) is 6.53. The van der Waals surface area contributed by atoms with E-state index in [0.29, 0.717) is 0 Å². The standard InChI is InChI=1S/C50H32N6/c1-3-11-35(12-4-1)53-29-27-39-41(53)21-23-45-49(39)37-15-7-9-17-43(37)55(45)47-25-19-33(31-51-47)34-20-26-48(52-32-34)56-44-18-10-8-16-38(44)50-40-28-30-54(36-13-5-2-6-14-36)42(40)22-24-46(50)56/h1-32H. The highest BCUT2D eigenvalue weighted by atomic mass is 15.1. The van der Waals surface area contributed by atoms with Gasteiger partial charge in [-0.05, 0) is 97.1 Å². The number of hydrogen-bond donors (Lipinski definition) is 0. The first-order valence-electron chi connectivity index (χ1n) is 18.9. The van der Waals surface area contributed by atoms with Crippen molar-refractivity contribution in [3.8, 4) is 34.1 Å². The van der Waals surface area contributed by atoms with Crippen molar-refractivity contribution in [1.29, 1.82) is 0 Å². The second-order valence-corrected chi connectivity index (χ2v) is 14.3. The van der Waals surface area contributed by atoms with Crippen LogP contribution >= 0.6 is 0 Å². The topological polar surface area (TPSA) is 45.5 Å². The third-order valence-electron chi connectivity index (χ3n) is 11.4. The van der Waals surface area contributed by atoms with Crippen LogP contribution in [0, 0.1) is 0 Å². The zero-order valence-corrected chi connectivity index (χ0v) is 30.2. The van der Waals surface area contributed by atoms with E-state index in [0.717, 1.165) is 56.2 Å². The van der Waals surface area contributed by atoms with Crippen molar-refractivity contribution in [2.75, 3.05) is 0 Å². The predicted molar refractivity (Wildman–Crippen MR) is 230 cm³/mol. The van der Waals surface area contributed by atoms with Gasteiger partial charge in [0.2, 0.25) is 0 Å². The second kappa shape index (κ2) is 11.9. The molecule has 0 amide bonds. The zero-order valence-electron chi connectivity index (χ0n) is 30.2. The summed E-state index contributed by atoms with van der Waals surface area (Å²) in [6.07, 6.45) is 8.26. The van der Waals surface area contributed by atoms with Crippen LogP contribution in [0.15, 0.2) is 195 Å². The zero-order chi connectivity index (χ0) is 36.7. The molecule has 12 aromatic rings. The minimum Gasteiger partial charge on any atom is -0.317 e. The van der Waals surface area contributed by atoms with Gasteiger partial charge in [0.25, 0.3) is 0 Å². The van der Waals surface area contributed by atoms with Crippen molar-refractivity contribution in [2.24, 2.45) is 0 Å². The van der Waals surface area contributed by atoms with Gasteiger partial charge in [-0.1, -0.05) is 72.8 Å². The second-order valence-electron chi connectivity index (χ2n) is 14.3. The third kappa shape index (κ3) is 4.44. The maximum Gasteiger partial charge on any atom is 0.137 e. The molecule has 262 valence electrons. The van der Waals surface area contributed by atoms with E-state index in [4.69, 9.17) is 9.97 Å². The molecule has 0 aliphatic carbocycles. The maximum absolute atomic E-state index is 5.06. The minimum absolute atomic E-state index is 0.879. The Morgan fingerprint density at radius 1 is 0.304 bits per heavy atom. The summed E-state index contributed by atoms with van der Waals surface area (Å²) in [5.41, 5.74) is 11.2. The van der Waals surface area contributed by atoms with Crippen molar-refractivity contribution < 1.29 is 0 Å². The molecule has 0 fully saturated rings. The van der Waals surface area contributed by atoms with Gasteiger partial charge in [0.1, 0.15) is 11.6 Å². The van der Waals surface area contributed by atoms with Crippen LogP contribution in [-0.2, 0) is 0 Å². The van der Waals surface area contributed by atoms with Gasteiger partial charge in [0.15, 0.2) is 0 Å². The monoisotopic (exact) mass is 716 g/mol. The third-order valence-corrected chi connectivity index (χ3v) is 11.4. The first-order chi connectivity index (χ1) is 27.8. The SMILES string of the molecule is c1ccc(-n2ccc3c4c5ccccc5n(-c5ccc(-c6ccc(-n7c8ccccc8c8c9ccn(-c%10ccccc%10)c9ccc87)nc6)cn5)c4ccc32)cc1. The molecule has 0 saturated heterocycles. The van der Waals surface area contributed by atoms with Gasteiger partial charge < -0.3 is 9.13 Å². The van der Waals surface area contributed by atoms with Crippen LogP contribution in [0.1, 0.15) is 0 Å². The quantitative estimate of drug-likeness (QED) is 0.178. The van der Waals surface area contributed by atoms with Gasteiger partial charge in [0, 0.05) is 79.6 Å². The van der Waals surface area contributed by atoms with Crippen LogP contribution in [0.25, 0.3) is 99.6 Å². The van der Waals surface area contributed by atoms with E-state index in [9.17, 15) is 0 Å². The average molecular weight is 717 g/mol. The van der Waals surface area contributed by atoms with Crippen LogP contribution in [0.4, 0.5) is 0 Å². The van der Waals surface area contributed by atoms with Crippen LogP contribution in [0.3, 0.4) is 0 Å². The molecule has 0 bridgehead atoms. The Morgan fingerprint density at radius 3 is 1.12 bits per heavy atom. The molecule has 6 nitrogen and oxygen atoms in total. The van der Waals surface area contributed by atoms with Crippen molar-refractivity contribution in [3.63, 3.8) is 0 Å². The summed E-state index contributed by atoms with van der Waals surface area (Å²) in [4.78, 5) is 10.1. The van der Waals surface area contributed by atoms with Gasteiger partial charge in [-0.25, -0.2) is 9.97 Å². The molecule has 0 spiro atoms. The Balaban J connectivity index is 0.927. The molecule has 0 radical (unpaired) electrons. The predicted octanol–water partition coefficient (Wildman–Crippen LogP) is 12.2. The summed E-state index contributed by atoms with van der Waals surface area (Å²) in [5, 5.41) is 7.34. The molecule has 6 aromatic carbocycles. The van der Waals surface area contributed by atoms with Gasteiger partial charge in [-0.15, -0.1) is 0 Å².